The van der Waals surface area contributed by atoms with Gasteiger partial charge in [-0.2, -0.15) is 0 Å². The Morgan fingerprint density at radius 3 is 2.22 bits per heavy atom. The zero-order chi connectivity index (χ0) is 15.7. The van der Waals surface area contributed by atoms with Crippen LogP contribution in [0.1, 0.15) is 48.8 Å². The smallest absolute Gasteiger partial charge is 0.124 e. The molecule has 2 aromatic carbocycles. The third-order valence-corrected chi connectivity index (χ3v) is 5.12. The molecule has 2 aromatic rings. The molecule has 1 spiro atoms. The Kier molecular flexibility index (Phi) is 3.70. The third-order valence-electron chi connectivity index (χ3n) is 5.12. The third kappa shape index (κ3) is 2.57. The molecule has 1 saturated carbocycles. The standard InChI is InChI=1S/C21H23NO/c1-16-10-12-18(13-11-16)20-19(17-8-4-2-5-9-17)21(23-22-20)14-6-3-7-15-21/h2,4-5,8-13,22H,3,6-7,14-15H2,1H3. The quantitative estimate of drug-likeness (QED) is 0.833. The molecule has 1 fully saturated rings. The molecule has 118 valence electrons. The maximum Gasteiger partial charge on any atom is 0.124 e. The number of nitrogens with one attached hydrogen (secondary N) is 1. The van der Waals surface area contributed by atoms with Crippen LogP contribution < -0.4 is 5.48 Å². The van der Waals surface area contributed by atoms with Crippen molar-refractivity contribution in [2.24, 2.45) is 0 Å². The first-order valence-electron chi connectivity index (χ1n) is 8.60. The summed E-state index contributed by atoms with van der Waals surface area (Å²) in [7, 11) is 0. The minimum atomic E-state index is -0.167. The highest BCUT2D eigenvalue weighted by molar-refractivity contribution is 5.95. The number of rotatable bonds is 2. The van der Waals surface area contributed by atoms with Crippen molar-refractivity contribution >= 4 is 11.3 Å². The predicted octanol–water partition coefficient (Wildman–Crippen LogP) is 5.10. The fourth-order valence-electron chi connectivity index (χ4n) is 3.89. The van der Waals surface area contributed by atoms with Gasteiger partial charge in [-0.05, 0) is 25.3 Å². The van der Waals surface area contributed by atoms with E-state index in [9.17, 15) is 0 Å². The molecule has 2 heteroatoms. The van der Waals surface area contributed by atoms with E-state index in [0.29, 0.717) is 0 Å². The molecule has 0 saturated heterocycles. The fourth-order valence-corrected chi connectivity index (χ4v) is 3.89. The van der Waals surface area contributed by atoms with Gasteiger partial charge in [0.2, 0.25) is 0 Å². The molecule has 1 heterocycles. The molecule has 0 radical (unpaired) electrons. The molecule has 2 aliphatic rings. The molecule has 1 aliphatic heterocycles. The van der Waals surface area contributed by atoms with Crippen molar-refractivity contribution in [2.45, 2.75) is 44.6 Å². The minimum Gasteiger partial charge on any atom is -0.265 e. The van der Waals surface area contributed by atoms with Crippen LogP contribution >= 0.6 is 0 Å². The minimum absolute atomic E-state index is 0.167. The van der Waals surface area contributed by atoms with Crippen LogP contribution in [0.15, 0.2) is 54.6 Å². The van der Waals surface area contributed by atoms with Crippen LogP contribution in [-0.2, 0) is 4.84 Å². The zero-order valence-electron chi connectivity index (χ0n) is 13.6. The first-order chi connectivity index (χ1) is 11.3. The summed E-state index contributed by atoms with van der Waals surface area (Å²) >= 11 is 0. The molecular weight excluding hydrogens is 282 g/mol. The molecule has 1 N–H and O–H groups in total. The van der Waals surface area contributed by atoms with Gasteiger partial charge >= 0.3 is 0 Å². The maximum absolute atomic E-state index is 6.22. The van der Waals surface area contributed by atoms with Crippen LogP contribution in [-0.4, -0.2) is 5.60 Å². The average Bonchev–Trinajstić information content (AvgIpc) is 2.95. The summed E-state index contributed by atoms with van der Waals surface area (Å²) < 4.78 is 0. The summed E-state index contributed by atoms with van der Waals surface area (Å²) in [4.78, 5) is 6.22. The summed E-state index contributed by atoms with van der Waals surface area (Å²) in [5.74, 6) is 0. The van der Waals surface area contributed by atoms with E-state index in [4.69, 9.17) is 4.84 Å². The average molecular weight is 305 g/mol. The Balaban J connectivity index is 1.87. The van der Waals surface area contributed by atoms with Crippen LogP contribution in [0.3, 0.4) is 0 Å². The highest BCUT2D eigenvalue weighted by Crippen LogP contribution is 2.48. The molecule has 0 bridgehead atoms. The van der Waals surface area contributed by atoms with Gasteiger partial charge in [0.15, 0.2) is 0 Å². The first-order valence-corrected chi connectivity index (χ1v) is 8.60. The van der Waals surface area contributed by atoms with E-state index < -0.39 is 0 Å². The van der Waals surface area contributed by atoms with Crippen molar-refractivity contribution in [3.05, 3.63) is 71.3 Å². The number of benzene rings is 2. The lowest BCUT2D eigenvalue weighted by atomic mass is 9.76. The number of aryl methyl sites for hydroxylation is 1. The SMILES string of the molecule is Cc1ccc(C2=C(c3ccccc3)C3(CCCCC3)ON2)cc1. The highest BCUT2D eigenvalue weighted by atomic mass is 16.7. The summed E-state index contributed by atoms with van der Waals surface area (Å²) in [5, 5.41) is 0. The maximum atomic E-state index is 6.22. The van der Waals surface area contributed by atoms with Crippen LogP contribution in [0.5, 0.6) is 0 Å². The largest absolute Gasteiger partial charge is 0.265 e. The van der Waals surface area contributed by atoms with E-state index in [-0.39, 0.29) is 5.60 Å². The van der Waals surface area contributed by atoms with Crippen molar-refractivity contribution in [1.29, 1.82) is 0 Å². The number of hydrogen-bond donors (Lipinski definition) is 1. The van der Waals surface area contributed by atoms with Gasteiger partial charge in [-0.25, -0.2) is 0 Å². The summed E-state index contributed by atoms with van der Waals surface area (Å²) in [6.07, 6.45) is 5.98. The molecule has 0 amide bonds. The number of hydroxylamine groups is 1. The second-order valence-corrected chi connectivity index (χ2v) is 6.74. The van der Waals surface area contributed by atoms with E-state index >= 15 is 0 Å². The summed E-state index contributed by atoms with van der Waals surface area (Å²) in [6, 6.07) is 19.4. The Morgan fingerprint density at radius 1 is 0.826 bits per heavy atom. The molecule has 4 rings (SSSR count). The van der Waals surface area contributed by atoms with Crippen molar-refractivity contribution in [2.75, 3.05) is 0 Å². The van der Waals surface area contributed by atoms with Gasteiger partial charge < -0.3 is 0 Å². The van der Waals surface area contributed by atoms with Gasteiger partial charge in [-0.1, -0.05) is 79.4 Å². The second kappa shape index (κ2) is 5.86. The highest BCUT2D eigenvalue weighted by Gasteiger charge is 2.44. The zero-order valence-corrected chi connectivity index (χ0v) is 13.6. The lowest BCUT2D eigenvalue weighted by Gasteiger charge is -2.33. The number of hydrogen-bond acceptors (Lipinski definition) is 2. The lowest BCUT2D eigenvalue weighted by molar-refractivity contribution is -0.0502. The second-order valence-electron chi connectivity index (χ2n) is 6.74. The normalized spacial score (nSPS) is 19.9. The fraction of sp³-hybridized carbons (Fsp3) is 0.333. The Morgan fingerprint density at radius 2 is 1.52 bits per heavy atom. The monoisotopic (exact) mass is 305 g/mol. The van der Waals surface area contributed by atoms with Gasteiger partial charge in [0.1, 0.15) is 5.60 Å². The van der Waals surface area contributed by atoms with E-state index in [1.807, 2.05) is 0 Å². The van der Waals surface area contributed by atoms with Gasteiger partial charge in [0.25, 0.3) is 0 Å². The van der Waals surface area contributed by atoms with Crippen molar-refractivity contribution in [3.8, 4) is 0 Å². The van der Waals surface area contributed by atoms with E-state index in [1.165, 1.54) is 41.5 Å². The van der Waals surface area contributed by atoms with Crippen molar-refractivity contribution < 1.29 is 4.84 Å². The Labute approximate surface area is 138 Å². The molecule has 0 aromatic heterocycles. The van der Waals surface area contributed by atoms with Gasteiger partial charge in [-0.15, -0.1) is 0 Å². The van der Waals surface area contributed by atoms with Crippen LogP contribution in [0.25, 0.3) is 11.3 Å². The predicted molar refractivity (Wildman–Crippen MR) is 94.5 cm³/mol. The van der Waals surface area contributed by atoms with Gasteiger partial charge in [0, 0.05) is 11.1 Å². The molecule has 1 aliphatic carbocycles. The van der Waals surface area contributed by atoms with Crippen molar-refractivity contribution in [1.82, 2.24) is 5.48 Å². The van der Waals surface area contributed by atoms with E-state index in [1.54, 1.807) is 0 Å². The topological polar surface area (TPSA) is 21.3 Å². The molecule has 0 atom stereocenters. The Hall–Kier alpha value is -2.06. The molecule has 2 nitrogen and oxygen atoms in total. The molecular formula is C21H23NO. The molecule has 23 heavy (non-hydrogen) atoms. The Bertz CT molecular complexity index is 709. The van der Waals surface area contributed by atoms with Crippen molar-refractivity contribution in [3.63, 3.8) is 0 Å². The van der Waals surface area contributed by atoms with E-state index in [0.717, 1.165) is 18.5 Å². The van der Waals surface area contributed by atoms with Crippen LogP contribution in [0.4, 0.5) is 0 Å². The van der Waals surface area contributed by atoms with Crippen LogP contribution in [0.2, 0.25) is 0 Å². The molecule has 0 unspecified atom stereocenters. The van der Waals surface area contributed by atoms with Gasteiger partial charge in [0.05, 0.1) is 5.70 Å². The summed E-state index contributed by atoms with van der Waals surface area (Å²) in [6.45, 7) is 2.12. The van der Waals surface area contributed by atoms with Gasteiger partial charge in [-0.3, -0.25) is 10.3 Å². The van der Waals surface area contributed by atoms with E-state index in [2.05, 4.69) is 67.0 Å². The first kappa shape index (κ1) is 14.5. The summed E-state index contributed by atoms with van der Waals surface area (Å²) in [5.41, 5.74) is 9.34. The van der Waals surface area contributed by atoms with Crippen LogP contribution in [0, 0.1) is 6.92 Å². The lowest BCUT2D eigenvalue weighted by Crippen LogP contribution is -2.34.